The van der Waals surface area contributed by atoms with Crippen LogP contribution in [0.15, 0.2) is 0 Å². The smallest absolute Gasteiger partial charge is 0.00773 e. The van der Waals surface area contributed by atoms with Crippen LogP contribution >= 0.6 is 0 Å². The lowest BCUT2D eigenvalue weighted by molar-refractivity contribution is 1.47. The quantitative estimate of drug-likeness (QED) is 0.378. The molecule has 5 heteroatoms. The highest BCUT2D eigenvalue weighted by Crippen LogP contribution is 1.83. The average molecular weight is 83.1 g/mol. The van der Waals surface area contributed by atoms with Gasteiger partial charge in [0, 0.05) is 14.2 Å². The lowest BCUT2D eigenvalue weighted by Crippen LogP contribution is -2.36. The molecular weight excluding hydrogens is 78.1 g/mol. The SMILES string of the molecule is [B]B([B-])B([B])CC. The first-order valence-corrected chi connectivity index (χ1v) is 2.45. The van der Waals surface area contributed by atoms with Crippen LogP contribution in [0.2, 0.25) is 6.32 Å². The Morgan fingerprint density at radius 3 is 2.00 bits per heavy atom. The first-order valence-electron chi connectivity index (χ1n) is 2.45. The molecule has 7 radical (unpaired) electrons. The Labute approximate surface area is 50.1 Å². The van der Waals surface area contributed by atoms with Crippen molar-refractivity contribution < 1.29 is 0 Å². The molecule has 29 valence electrons. The van der Waals surface area contributed by atoms with E-state index in [2.05, 4.69) is 0 Å². The summed E-state index contributed by atoms with van der Waals surface area (Å²) >= 11 is 0. The third-order valence-corrected chi connectivity index (χ3v) is 0.966. The van der Waals surface area contributed by atoms with Gasteiger partial charge in [-0.05, 0) is 7.74 Å². The van der Waals surface area contributed by atoms with Crippen LogP contribution in [0, 0.1) is 0 Å². The maximum atomic E-state index is 5.37. The molecule has 0 N–H and O–H groups in total. The van der Waals surface area contributed by atoms with Gasteiger partial charge >= 0.3 is 0 Å². The molecule has 0 bridgehead atoms. The maximum absolute atomic E-state index is 5.37. The van der Waals surface area contributed by atoms with E-state index in [4.69, 9.17) is 23.2 Å². The first-order chi connectivity index (χ1) is 3.18. The molecule has 0 aromatic rings. The van der Waals surface area contributed by atoms with Gasteiger partial charge in [-0.25, -0.2) is 6.39 Å². The van der Waals surface area contributed by atoms with E-state index in [1.54, 1.807) is 0 Å². The van der Waals surface area contributed by atoms with Crippen molar-refractivity contribution in [2.24, 2.45) is 0 Å². The predicted molar refractivity (Wildman–Crippen MR) is 39.3 cm³/mol. The van der Waals surface area contributed by atoms with E-state index in [1.807, 2.05) is 6.92 Å². The van der Waals surface area contributed by atoms with Crippen LogP contribution in [0.3, 0.4) is 0 Å². The summed E-state index contributed by atoms with van der Waals surface area (Å²) in [6.45, 7) is 1.91. The van der Waals surface area contributed by atoms with E-state index in [1.165, 1.54) is 0 Å². The molecule has 7 heavy (non-hydrogen) atoms. The normalized spacial score (nSPS) is 8.29. The van der Waals surface area contributed by atoms with Crippen molar-refractivity contribution >= 4 is 36.1 Å². The Kier molecular flexibility index (Phi) is 3.50. The third-order valence-electron chi connectivity index (χ3n) is 0.966. The van der Waals surface area contributed by atoms with Crippen LogP contribution < -0.4 is 0 Å². The molecule has 0 spiro atoms. The Bertz CT molecular complexity index is 43.3. The summed E-state index contributed by atoms with van der Waals surface area (Å²) in [6.07, 6.45) is 0.488. The van der Waals surface area contributed by atoms with Crippen molar-refractivity contribution in [2.45, 2.75) is 13.2 Å². The fourth-order valence-electron chi connectivity index (χ4n) is 0.272. The van der Waals surface area contributed by atoms with E-state index < -0.39 is 0 Å². The predicted octanol–water partition coefficient (Wildman–Crippen LogP) is -0.930. The average Bonchev–Trinajstić information content (AvgIpc) is 1.65. The minimum atomic E-state index is -0.356. The Morgan fingerprint density at radius 1 is 1.57 bits per heavy atom. The molecule has 0 heterocycles. The molecular formula is C2H5B5-. The lowest BCUT2D eigenvalue weighted by atomic mass is 8.86. The molecule has 0 nitrogen and oxygen atoms in total. The summed E-state index contributed by atoms with van der Waals surface area (Å²) in [5.74, 6) is 0. The number of rotatable bonds is 2. The zero-order valence-corrected chi connectivity index (χ0v) is 4.59. The van der Waals surface area contributed by atoms with Crippen LogP contribution in [0.5, 0.6) is 0 Å². The van der Waals surface area contributed by atoms with Crippen molar-refractivity contribution in [2.75, 3.05) is 0 Å². The van der Waals surface area contributed by atoms with E-state index in [-0.39, 0.29) is 12.9 Å². The van der Waals surface area contributed by atoms with Gasteiger partial charge in [0.1, 0.15) is 0 Å². The highest BCUT2D eigenvalue weighted by atomic mass is 13.4. The fraction of sp³-hybridized carbons (Fsp3) is 1.00. The first kappa shape index (κ1) is 7.32. The van der Waals surface area contributed by atoms with E-state index >= 15 is 0 Å². The third kappa shape index (κ3) is 2.96. The summed E-state index contributed by atoms with van der Waals surface area (Å²) in [6, 6.07) is 0. The fourth-order valence-corrected chi connectivity index (χ4v) is 0.272. The second-order valence-corrected chi connectivity index (χ2v) is 1.65. The van der Waals surface area contributed by atoms with Gasteiger partial charge in [0.05, 0.1) is 0 Å². The molecule has 0 aliphatic heterocycles. The Hall–Kier alpha value is 0.325. The summed E-state index contributed by atoms with van der Waals surface area (Å²) in [7, 11) is 15.8. The van der Waals surface area contributed by atoms with E-state index in [0.717, 1.165) is 6.32 Å². The van der Waals surface area contributed by atoms with Gasteiger partial charge in [-0.1, -0.05) is 13.2 Å². The molecule has 0 aliphatic rings. The Morgan fingerprint density at radius 2 is 2.00 bits per heavy atom. The van der Waals surface area contributed by atoms with Gasteiger partial charge < -0.3 is 7.74 Å². The van der Waals surface area contributed by atoms with Crippen LogP contribution in [0.25, 0.3) is 0 Å². The van der Waals surface area contributed by atoms with Gasteiger partial charge in [0.15, 0.2) is 0 Å². The number of hydrogen-bond acceptors (Lipinski definition) is 0. The summed E-state index contributed by atoms with van der Waals surface area (Å²) in [5.41, 5.74) is 0. The van der Waals surface area contributed by atoms with Crippen molar-refractivity contribution in [1.82, 2.24) is 0 Å². The van der Waals surface area contributed by atoms with E-state index in [0.29, 0.717) is 0 Å². The van der Waals surface area contributed by atoms with Gasteiger partial charge in [-0.3, -0.25) is 0 Å². The molecule has 0 rings (SSSR count). The minimum absolute atomic E-state index is 0.0417. The maximum Gasteiger partial charge on any atom is 0.00773 e. The van der Waals surface area contributed by atoms with Crippen LogP contribution in [-0.4, -0.2) is 36.1 Å². The van der Waals surface area contributed by atoms with Crippen LogP contribution in [0.4, 0.5) is 0 Å². The molecule has 0 saturated heterocycles. The monoisotopic (exact) mass is 84.1 g/mol. The standard InChI is InChI=1S/C2H5B5/c1-2-6(3)7(4)5/h2H2,1H3/q-1. The molecule has 0 amide bonds. The minimum Gasteiger partial charge on any atom is -0.687 e. The number of hydrogen-bond donors (Lipinski definition) is 0. The van der Waals surface area contributed by atoms with Crippen molar-refractivity contribution in [3.63, 3.8) is 0 Å². The van der Waals surface area contributed by atoms with E-state index in [9.17, 15) is 0 Å². The highest BCUT2D eigenvalue weighted by Gasteiger charge is 1.95. The molecule has 0 atom stereocenters. The van der Waals surface area contributed by atoms with Gasteiger partial charge in [-0.15, -0.1) is 0 Å². The summed E-state index contributed by atoms with van der Waals surface area (Å²) in [5, 5.41) is 0. The molecule has 0 fully saturated rings. The molecule has 0 aliphatic carbocycles. The highest BCUT2D eigenvalue weighted by molar-refractivity contribution is 7.66. The molecule has 0 aromatic carbocycles. The topological polar surface area (TPSA) is 0 Å². The molecule has 0 unspecified atom stereocenters. The lowest BCUT2D eigenvalue weighted by Gasteiger charge is -2.20. The second kappa shape index (κ2) is 3.34. The zero-order chi connectivity index (χ0) is 5.86. The summed E-state index contributed by atoms with van der Waals surface area (Å²) < 4.78 is 0. The van der Waals surface area contributed by atoms with Crippen LogP contribution in [-0.2, 0) is 0 Å². The van der Waals surface area contributed by atoms with Crippen LogP contribution in [0.1, 0.15) is 6.92 Å². The van der Waals surface area contributed by atoms with Crippen molar-refractivity contribution in [3.05, 3.63) is 0 Å². The van der Waals surface area contributed by atoms with Gasteiger partial charge in [0.25, 0.3) is 0 Å². The second-order valence-electron chi connectivity index (χ2n) is 1.65. The van der Waals surface area contributed by atoms with Gasteiger partial charge in [0.2, 0.25) is 0 Å². The largest absolute Gasteiger partial charge is 0.687 e. The van der Waals surface area contributed by atoms with Crippen molar-refractivity contribution in [1.29, 1.82) is 0 Å². The summed E-state index contributed by atoms with van der Waals surface area (Å²) in [4.78, 5) is 0. The molecule has 0 saturated carbocycles. The zero-order valence-electron chi connectivity index (χ0n) is 4.59. The van der Waals surface area contributed by atoms with Gasteiger partial charge in [-0.2, -0.15) is 0 Å². The Balaban J connectivity index is 3.14. The molecule has 0 aromatic heterocycles. The van der Waals surface area contributed by atoms with Crippen molar-refractivity contribution in [3.8, 4) is 0 Å².